The van der Waals surface area contributed by atoms with E-state index in [4.69, 9.17) is 4.74 Å². The maximum absolute atomic E-state index is 9.99. The van der Waals surface area contributed by atoms with Crippen LogP contribution in [0.15, 0.2) is 65.3 Å². The minimum atomic E-state index is -0.666. The zero-order chi connectivity index (χ0) is 22.4. The lowest BCUT2D eigenvalue weighted by atomic mass is 9.98. The van der Waals surface area contributed by atoms with Gasteiger partial charge in [0.15, 0.2) is 0 Å². The Kier molecular flexibility index (Phi) is 13.2. The second-order valence-electron chi connectivity index (χ2n) is 8.89. The molecule has 0 radical (unpaired) electrons. The SMILES string of the molecule is C/C(=C\CC/C(C)=C/COCc1ccccc1)CC/C=C(\C)CCC(Br)C(C)(C)O. The van der Waals surface area contributed by atoms with Crippen LogP contribution in [0.2, 0.25) is 0 Å². The summed E-state index contributed by atoms with van der Waals surface area (Å²) in [6.07, 6.45) is 13.3. The molecule has 0 aliphatic carbocycles. The van der Waals surface area contributed by atoms with Crippen LogP contribution in [0.4, 0.5) is 0 Å². The molecule has 1 unspecified atom stereocenters. The Bertz CT molecular complexity index is 681. The summed E-state index contributed by atoms with van der Waals surface area (Å²) in [4.78, 5) is 0.134. The van der Waals surface area contributed by atoms with E-state index in [9.17, 15) is 5.11 Å². The molecule has 1 aromatic rings. The molecule has 1 aromatic carbocycles. The Hall–Kier alpha value is -1.16. The molecule has 0 aliphatic heterocycles. The Balaban J connectivity index is 2.20. The van der Waals surface area contributed by atoms with Gasteiger partial charge in [0.2, 0.25) is 0 Å². The summed E-state index contributed by atoms with van der Waals surface area (Å²) >= 11 is 3.59. The Labute approximate surface area is 193 Å². The molecule has 0 aromatic heterocycles. The first-order valence-corrected chi connectivity index (χ1v) is 12.0. The van der Waals surface area contributed by atoms with Crippen LogP contribution in [0.5, 0.6) is 0 Å². The third-order valence-corrected chi connectivity index (χ3v) is 6.86. The number of alkyl halides is 1. The van der Waals surface area contributed by atoms with Crippen molar-refractivity contribution < 1.29 is 9.84 Å². The lowest BCUT2D eigenvalue weighted by Gasteiger charge is -2.24. The summed E-state index contributed by atoms with van der Waals surface area (Å²) in [6.45, 7) is 11.7. The van der Waals surface area contributed by atoms with Gasteiger partial charge >= 0.3 is 0 Å². The van der Waals surface area contributed by atoms with Crippen LogP contribution in [0, 0.1) is 0 Å². The average Bonchev–Trinajstić information content (AvgIpc) is 2.69. The zero-order valence-electron chi connectivity index (χ0n) is 19.6. The van der Waals surface area contributed by atoms with Crippen LogP contribution in [0.3, 0.4) is 0 Å². The molecule has 1 rings (SSSR count). The smallest absolute Gasteiger partial charge is 0.0721 e. The number of hydrogen-bond acceptors (Lipinski definition) is 2. The fourth-order valence-electron chi connectivity index (χ4n) is 3.06. The van der Waals surface area contributed by atoms with E-state index >= 15 is 0 Å². The topological polar surface area (TPSA) is 29.5 Å². The van der Waals surface area contributed by atoms with E-state index in [1.54, 1.807) is 0 Å². The highest BCUT2D eigenvalue weighted by atomic mass is 79.9. The predicted molar refractivity (Wildman–Crippen MR) is 134 cm³/mol. The van der Waals surface area contributed by atoms with Gasteiger partial charge in [-0.05, 0) is 78.7 Å². The third-order valence-electron chi connectivity index (χ3n) is 5.28. The molecule has 3 heteroatoms. The number of ether oxygens (including phenoxy) is 1. The maximum Gasteiger partial charge on any atom is 0.0721 e. The molecule has 1 N–H and O–H groups in total. The monoisotopic (exact) mass is 476 g/mol. The standard InChI is InChI=1S/C27H41BrO2/c1-22(11-9-13-23(2)17-18-26(28)27(4,5)29)12-10-14-24(3)19-20-30-21-25-15-7-6-8-16-25/h6-8,12-13,15-16,19,26,29H,9-11,14,17-18,20-21H2,1-5H3/b22-12+,23-13+,24-19+. The van der Waals surface area contributed by atoms with Crippen molar-refractivity contribution in [1.82, 2.24) is 0 Å². The highest BCUT2D eigenvalue weighted by Crippen LogP contribution is 2.24. The van der Waals surface area contributed by atoms with E-state index in [-0.39, 0.29) is 4.83 Å². The molecule has 0 bridgehead atoms. The van der Waals surface area contributed by atoms with E-state index in [1.165, 1.54) is 22.3 Å². The van der Waals surface area contributed by atoms with E-state index < -0.39 is 5.60 Å². The minimum absolute atomic E-state index is 0.134. The largest absolute Gasteiger partial charge is 0.389 e. The van der Waals surface area contributed by atoms with Crippen molar-refractivity contribution in [3.8, 4) is 0 Å². The van der Waals surface area contributed by atoms with E-state index in [2.05, 4.69) is 67.1 Å². The molecule has 1 atom stereocenters. The van der Waals surface area contributed by atoms with Gasteiger partial charge in [0.25, 0.3) is 0 Å². The highest BCUT2D eigenvalue weighted by Gasteiger charge is 2.23. The predicted octanol–water partition coefficient (Wildman–Crippen LogP) is 7.92. The number of allylic oxidation sites excluding steroid dienone is 5. The first-order chi connectivity index (χ1) is 14.2. The molecule has 0 heterocycles. The van der Waals surface area contributed by atoms with Crippen molar-refractivity contribution in [2.24, 2.45) is 0 Å². The summed E-state index contributed by atoms with van der Waals surface area (Å²) in [5.41, 5.74) is 4.81. The molecule has 0 saturated carbocycles. The number of halogens is 1. The lowest BCUT2D eigenvalue weighted by molar-refractivity contribution is 0.0774. The van der Waals surface area contributed by atoms with Crippen molar-refractivity contribution in [2.75, 3.05) is 6.61 Å². The maximum atomic E-state index is 9.99. The van der Waals surface area contributed by atoms with E-state index in [1.807, 2.05) is 32.0 Å². The summed E-state index contributed by atoms with van der Waals surface area (Å²) < 4.78 is 5.73. The minimum Gasteiger partial charge on any atom is -0.389 e. The van der Waals surface area contributed by atoms with Crippen LogP contribution in [-0.2, 0) is 11.3 Å². The van der Waals surface area contributed by atoms with Gasteiger partial charge in [-0.1, -0.05) is 81.2 Å². The van der Waals surface area contributed by atoms with E-state index in [0.29, 0.717) is 13.2 Å². The first-order valence-electron chi connectivity index (χ1n) is 11.1. The Morgan fingerprint density at radius 2 is 1.47 bits per heavy atom. The zero-order valence-corrected chi connectivity index (χ0v) is 21.2. The van der Waals surface area contributed by atoms with Crippen molar-refractivity contribution >= 4 is 15.9 Å². The quantitative estimate of drug-likeness (QED) is 0.168. The second kappa shape index (κ2) is 14.8. The van der Waals surface area contributed by atoms with Gasteiger partial charge < -0.3 is 9.84 Å². The molecule has 30 heavy (non-hydrogen) atoms. The molecule has 0 saturated heterocycles. The summed E-state index contributed by atoms with van der Waals surface area (Å²) in [6, 6.07) is 10.3. The molecule has 0 amide bonds. The van der Waals surface area contributed by atoms with Crippen LogP contribution in [-0.4, -0.2) is 22.1 Å². The van der Waals surface area contributed by atoms with Gasteiger partial charge in [-0.3, -0.25) is 0 Å². The third kappa shape index (κ3) is 13.2. The van der Waals surface area contributed by atoms with Gasteiger partial charge in [0.05, 0.1) is 18.8 Å². The molecule has 2 nitrogen and oxygen atoms in total. The van der Waals surface area contributed by atoms with Gasteiger partial charge in [0, 0.05) is 4.83 Å². The summed E-state index contributed by atoms with van der Waals surface area (Å²) in [5.74, 6) is 0. The number of rotatable bonds is 14. The molecular formula is C27H41BrO2. The van der Waals surface area contributed by atoms with Crippen LogP contribution in [0.25, 0.3) is 0 Å². The lowest BCUT2D eigenvalue weighted by Crippen LogP contribution is -2.31. The van der Waals surface area contributed by atoms with Crippen molar-refractivity contribution in [3.05, 3.63) is 70.8 Å². The average molecular weight is 478 g/mol. The Morgan fingerprint density at radius 3 is 2.03 bits per heavy atom. The van der Waals surface area contributed by atoms with Crippen molar-refractivity contribution in [2.45, 2.75) is 90.2 Å². The van der Waals surface area contributed by atoms with E-state index in [0.717, 1.165) is 38.5 Å². The van der Waals surface area contributed by atoms with Crippen LogP contribution < -0.4 is 0 Å². The molecule has 168 valence electrons. The Morgan fingerprint density at radius 1 is 0.933 bits per heavy atom. The molecule has 0 spiro atoms. The molecule has 0 fully saturated rings. The number of aliphatic hydroxyl groups is 1. The van der Waals surface area contributed by atoms with Crippen LogP contribution in [0.1, 0.15) is 78.7 Å². The number of benzene rings is 1. The molecule has 0 aliphatic rings. The van der Waals surface area contributed by atoms with Crippen molar-refractivity contribution in [1.29, 1.82) is 0 Å². The fraction of sp³-hybridized carbons (Fsp3) is 0.556. The van der Waals surface area contributed by atoms with Gasteiger partial charge in [-0.25, -0.2) is 0 Å². The van der Waals surface area contributed by atoms with Gasteiger partial charge in [-0.15, -0.1) is 0 Å². The molecular weight excluding hydrogens is 436 g/mol. The van der Waals surface area contributed by atoms with Crippen molar-refractivity contribution in [3.63, 3.8) is 0 Å². The number of hydrogen-bond donors (Lipinski definition) is 1. The summed E-state index contributed by atoms with van der Waals surface area (Å²) in [5, 5.41) is 9.99. The summed E-state index contributed by atoms with van der Waals surface area (Å²) in [7, 11) is 0. The van der Waals surface area contributed by atoms with Crippen LogP contribution >= 0.6 is 15.9 Å². The van der Waals surface area contributed by atoms with Gasteiger partial charge in [-0.2, -0.15) is 0 Å². The normalized spacial score (nSPS) is 14.8. The second-order valence-corrected chi connectivity index (χ2v) is 9.99. The highest BCUT2D eigenvalue weighted by molar-refractivity contribution is 9.09. The van der Waals surface area contributed by atoms with Gasteiger partial charge in [0.1, 0.15) is 0 Å². The fourth-order valence-corrected chi connectivity index (χ4v) is 3.29. The first kappa shape index (κ1) is 26.9.